The lowest BCUT2D eigenvalue weighted by atomic mass is 10.1. The Kier molecular flexibility index (Phi) is 8.05. The van der Waals surface area contributed by atoms with Crippen molar-refractivity contribution in [1.29, 1.82) is 0 Å². The van der Waals surface area contributed by atoms with Gasteiger partial charge in [0.2, 0.25) is 5.95 Å². The maximum absolute atomic E-state index is 15.9. The molecule has 0 aliphatic carbocycles. The molecule has 22 heteroatoms. The Morgan fingerprint density at radius 2 is 1.93 bits per heavy atom. The predicted molar refractivity (Wildman–Crippen MR) is 149 cm³/mol. The average Bonchev–Trinajstić information content (AvgIpc) is 3.63. The van der Waals surface area contributed by atoms with Crippen LogP contribution in [0.3, 0.4) is 0 Å². The van der Waals surface area contributed by atoms with Crippen LogP contribution in [0.4, 0.5) is 10.3 Å². The number of halogens is 1. The minimum absolute atomic E-state index is 0.0440. The number of aromatic amines is 1. The molecule has 0 amide bonds. The van der Waals surface area contributed by atoms with Gasteiger partial charge in [-0.1, -0.05) is 0 Å². The van der Waals surface area contributed by atoms with Crippen LogP contribution in [0.1, 0.15) is 12.1 Å². The first-order valence-corrected chi connectivity index (χ1v) is 17.3. The van der Waals surface area contributed by atoms with Crippen molar-refractivity contribution in [1.82, 2.24) is 39.3 Å². The van der Waals surface area contributed by atoms with Crippen LogP contribution < -0.4 is 11.3 Å². The van der Waals surface area contributed by atoms with E-state index in [1.165, 1.54) is 15.6 Å². The maximum Gasteiger partial charge on any atom is 0.325 e. The fourth-order valence-corrected chi connectivity index (χ4v) is 6.80. The lowest BCUT2D eigenvalue weighted by Crippen LogP contribution is -2.32. The number of hydrogen-bond acceptors (Lipinski definition) is 14. The average molecular weight is 662 g/mol. The zero-order chi connectivity index (χ0) is 29.6. The van der Waals surface area contributed by atoms with E-state index in [0.717, 1.165) is 0 Å². The molecule has 2 unspecified atom stereocenters. The minimum atomic E-state index is -4.18. The number of nitrogens with two attached hydrogens (primary N) is 1. The van der Waals surface area contributed by atoms with Gasteiger partial charge in [0, 0.05) is 18.0 Å². The number of rotatable bonds is 2. The molecular formula is C20H22FN9O8P2S2. The predicted octanol–water partition coefficient (Wildman–Crippen LogP) is 0.673. The molecule has 2 aliphatic rings. The monoisotopic (exact) mass is 661 g/mol. The highest BCUT2D eigenvalue weighted by Crippen LogP contribution is 2.52. The molecule has 6 heterocycles. The number of hydrogen-bond donors (Lipinski definition) is 4. The maximum atomic E-state index is 15.9. The number of pyridine rings is 1. The number of nitrogen functional groups attached to an aromatic ring is 1. The highest BCUT2D eigenvalue weighted by Gasteiger charge is 2.50. The molecule has 5 N–H and O–H groups in total. The van der Waals surface area contributed by atoms with Crippen LogP contribution in [-0.2, 0) is 59.6 Å². The van der Waals surface area contributed by atoms with E-state index in [9.17, 15) is 14.6 Å². The highest BCUT2D eigenvalue weighted by atomic mass is 32.5. The molecule has 2 aliphatic heterocycles. The first-order valence-electron chi connectivity index (χ1n) is 12.1. The molecule has 0 aromatic carbocycles. The van der Waals surface area contributed by atoms with E-state index < -0.39 is 50.2 Å². The van der Waals surface area contributed by atoms with Crippen molar-refractivity contribution in [2.45, 2.75) is 37.8 Å². The lowest BCUT2D eigenvalue weighted by Gasteiger charge is -2.25. The van der Waals surface area contributed by atoms with Gasteiger partial charge in [-0.25, -0.2) is 19.0 Å². The summed E-state index contributed by atoms with van der Waals surface area (Å²) in [5.41, 5.74) is 5.56. The number of aromatic nitrogens is 8. The van der Waals surface area contributed by atoms with E-state index in [1.54, 1.807) is 24.5 Å². The van der Waals surface area contributed by atoms with E-state index in [0.29, 0.717) is 11.4 Å². The zero-order valence-electron chi connectivity index (χ0n) is 21.2. The normalized spacial score (nSPS) is 30.9. The van der Waals surface area contributed by atoms with Crippen LogP contribution in [0, 0.1) is 0 Å². The van der Waals surface area contributed by atoms with Crippen molar-refractivity contribution < 1.29 is 37.0 Å². The van der Waals surface area contributed by atoms with Crippen LogP contribution in [-0.4, -0.2) is 80.6 Å². The molecule has 0 spiro atoms. The fourth-order valence-electron chi connectivity index (χ4n) is 4.35. The smallest absolute Gasteiger partial charge is 0.325 e. The summed E-state index contributed by atoms with van der Waals surface area (Å²) in [6, 6.07) is 3.39. The van der Waals surface area contributed by atoms with E-state index >= 15 is 4.39 Å². The number of H-pyrrole nitrogens is 1. The number of anilines is 1. The minimum Gasteiger partial charge on any atom is -0.369 e. The Morgan fingerprint density at radius 3 is 2.71 bits per heavy atom. The van der Waals surface area contributed by atoms with Crippen molar-refractivity contribution in [3.8, 4) is 11.4 Å². The van der Waals surface area contributed by atoms with Gasteiger partial charge in [-0.2, -0.15) is 10.1 Å². The van der Waals surface area contributed by atoms with E-state index in [4.69, 9.17) is 52.2 Å². The molecular weight excluding hydrogens is 639 g/mol. The third-order valence-electron chi connectivity index (χ3n) is 6.25. The number of alkyl halides is 1. The molecule has 224 valence electrons. The second-order valence-electron chi connectivity index (χ2n) is 9.00. The second kappa shape index (κ2) is 11.5. The third kappa shape index (κ3) is 6.06. The van der Waals surface area contributed by atoms with E-state index in [1.807, 2.05) is 0 Å². The Labute approximate surface area is 245 Å². The Hall–Kier alpha value is -2.61. The number of fused-ring (bicyclic) bond motifs is 4. The summed E-state index contributed by atoms with van der Waals surface area (Å²) in [7, 11) is 0. The molecule has 4 aromatic heterocycles. The molecule has 6 atom stereocenters. The van der Waals surface area contributed by atoms with Crippen LogP contribution >= 0.6 is 13.4 Å². The number of ether oxygens (including phenoxy) is 1. The van der Waals surface area contributed by atoms with Crippen molar-refractivity contribution in [3.63, 3.8) is 0 Å². The Bertz CT molecular complexity index is 1780. The van der Waals surface area contributed by atoms with Crippen LogP contribution in [0.2, 0.25) is 0 Å². The fraction of sp³-hybridized carbons (Fsp3) is 0.400. The zero-order valence-corrected chi connectivity index (χ0v) is 24.6. The molecule has 1 fully saturated rings. The van der Waals surface area contributed by atoms with Gasteiger partial charge >= 0.3 is 13.4 Å². The molecule has 1 saturated heterocycles. The van der Waals surface area contributed by atoms with Crippen molar-refractivity contribution in [3.05, 3.63) is 47.0 Å². The summed E-state index contributed by atoms with van der Waals surface area (Å²) < 4.78 is 46.3. The third-order valence-corrected chi connectivity index (χ3v) is 9.40. The van der Waals surface area contributed by atoms with E-state index in [2.05, 4.69) is 30.0 Å². The molecule has 6 rings (SSSR count). The van der Waals surface area contributed by atoms with Crippen molar-refractivity contribution in [2.75, 3.05) is 18.9 Å². The van der Waals surface area contributed by atoms with Gasteiger partial charge in [0.15, 0.2) is 35.2 Å². The number of nitrogens with one attached hydrogen (secondary N) is 1. The summed E-state index contributed by atoms with van der Waals surface area (Å²) in [5, 5.41) is 4.44. The molecule has 4 aromatic rings. The standard InChI is InChI=1S/C20H22FN9O8P2S2/c21-13-11-7-35-39(32,41)34-6-5-30-12(25-16(28-30)10-1-3-23-4-2-10)8-36-40(33,42)38-15(13)19(37-11)29-9-24-14-17(29)26-20(22)27-18(14)31/h1-4,9,11,13,15,19H,5-8H2,(H,32,41)(H,33,42)(H3,22,26,27,31)/t11-,13-,15-,19-,39?,40?/m1/s1. The summed E-state index contributed by atoms with van der Waals surface area (Å²) in [4.78, 5) is 52.7. The first kappa shape index (κ1) is 29.5. The van der Waals surface area contributed by atoms with Crippen LogP contribution in [0.5, 0.6) is 0 Å². The topological polar surface area (TPSA) is 220 Å². The molecule has 0 saturated carbocycles. The van der Waals surface area contributed by atoms with Gasteiger partial charge in [0.1, 0.15) is 18.8 Å². The summed E-state index contributed by atoms with van der Waals surface area (Å²) in [6.07, 6.45) is -2.05. The van der Waals surface area contributed by atoms with Gasteiger partial charge in [-0.05, 0) is 35.7 Å². The van der Waals surface area contributed by atoms with Gasteiger partial charge < -0.3 is 33.8 Å². The summed E-state index contributed by atoms with van der Waals surface area (Å²) >= 11 is 10.3. The summed E-state index contributed by atoms with van der Waals surface area (Å²) in [6.45, 7) is -9.06. The van der Waals surface area contributed by atoms with E-state index in [-0.39, 0.29) is 42.7 Å². The lowest BCUT2D eigenvalue weighted by molar-refractivity contribution is -0.0465. The first-order chi connectivity index (χ1) is 20.0. The van der Waals surface area contributed by atoms with Gasteiger partial charge in [-0.15, -0.1) is 0 Å². The van der Waals surface area contributed by atoms with Gasteiger partial charge in [0.25, 0.3) is 5.56 Å². The summed E-state index contributed by atoms with van der Waals surface area (Å²) in [5.74, 6) is 0.307. The van der Waals surface area contributed by atoms with Crippen LogP contribution in [0.25, 0.3) is 22.6 Å². The second-order valence-corrected chi connectivity index (χ2v) is 14.6. The van der Waals surface area contributed by atoms with Gasteiger partial charge in [-0.3, -0.25) is 23.9 Å². The van der Waals surface area contributed by atoms with Gasteiger partial charge in [0.05, 0.1) is 26.1 Å². The molecule has 0 radical (unpaired) electrons. The number of nitrogens with zero attached hydrogens (tertiary/aromatic N) is 7. The highest BCUT2D eigenvalue weighted by molar-refractivity contribution is 8.07. The Morgan fingerprint density at radius 1 is 1.14 bits per heavy atom. The molecule has 17 nitrogen and oxygen atoms in total. The number of imidazole rings is 1. The quantitative estimate of drug-likeness (QED) is 0.217. The molecule has 2 bridgehead atoms. The van der Waals surface area contributed by atoms with Crippen LogP contribution in [0.15, 0.2) is 35.6 Å². The largest absolute Gasteiger partial charge is 0.369 e. The van der Waals surface area contributed by atoms with Crippen molar-refractivity contribution >= 4 is 54.2 Å². The Balaban J connectivity index is 1.35. The van der Waals surface area contributed by atoms with Crippen molar-refractivity contribution in [2.24, 2.45) is 0 Å². The molecule has 42 heavy (non-hydrogen) atoms. The SMILES string of the molecule is Nc1nc2c(ncn2[C@@H]2O[C@@H]3COP(O)(=S)OCCn4nc(-c5ccncc5)nc4COP(O)(=S)O[C@@H]2[C@@H]3F)c(=O)[nH]1.